The maximum atomic E-state index is 12.8. The summed E-state index contributed by atoms with van der Waals surface area (Å²) in [4.78, 5) is 28.0. The number of methoxy groups -OCH3 is 4. The molecular weight excluding hydrogens is 1060 g/mol. The molecule has 0 spiro atoms. The molecule has 0 radical (unpaired) electrons. The van der Waals surface area contributed by atoms with E-state index in [1.54, 1.807) is 9.80 Å². The van der Waals surface area contributed by atoms with Crippen LogP contribution in [-0.4, -0.2) is 211 Å². The zero-order valence-corrected chi connectivity index (χ0v) is 43.7. The third kappa shape index (κ3) is 20.6. The van der Waals surface area contributed by atoms with Gasteiger partial charge in [0.1, 0.15) is 9.79 Å². The first-order valence-electron chi connectivity index (χ1n) is 21.9. The van der Waals surface area contributed by atoms with E-state index in [2.05, 4.69) is 51.2 Å². The van der Waals surface area contributed by atoms with Crippen molar-refractivity contribution in [2.45, 2.75) is 9.79 Å². The first kappa shape index (κ1) is 61.0. The number of ether oxygens (including phenoxy) is 4. The zero-order valence-electron chi connectivity index (χ0n) is 40.5. The Hall–Kier alpha value is -5.60. The smallest absolute Gasteiger partial charge is 0.295 e. The molecule has 2 unspecified atom stereocenters. The number of hydrogen-bond donors (Lipinski definition) is 10. The second-order valence-electron chi connectivity index (χ2n) is 15.9. The molecule has 4 aromatic rings. The molecule has 412 valence electrons. The van der Waals surface area contributed by atoms with Crippen molar-refractivity contribution in [3.8, 4) is 0 Å². The van der Waals surface area contributed by atoms with Crippen molar-refractivity contribution in [1.29, 1.82) is 0 Å². The van der Waals surface area contributed by atoms with Crippen molar-refractivity contribution < 1.29 is 81.0 Å². The quantitative estimate of drug-likeness (QED) is 0.0221. The fourth-order valence-electron chi connectivity index (χ4n) is 6.62. The molecule has 0 aliphatic carbocycles. The van der Waals surface area contributed by atoms with Crippen LogP contribution >= 0.6 is 0 Å². The second-order valence-corrected chi connectivity index (χ2v) is 21.8. The maximum Gasteiger partial charge on any atom is 0.295 e. The van der Waals surface area contributed by atoms with E-state index in [1.165, 1.54) is 52.7 Å². The van der Waals surface area contributed by atoms with Crippen molar-refractivity contribution in [3.63, 3.8) is 0 Å². The van der Waals surface area contributed by atoms with Crippen molar-refractivity contribution in [1.82, 2.24) is 29.9 Å². The Kier molecular flexibility index (Phi) is 23.3. The molecule has 2 atom stereocenters. The molecule has 0 bridgehead atoms. The van der Waals surface area contributed by atoms with Crippen molar-refractivity contribution in [3.05, 3.63) is 47.5 Å². The van der Waals surface area contributed by atoms with E-state index in [0.29, 0.717) is 0 Å². The van der Waals surface area contributed by atoms with Crippen LogP contribution in [0, 0.1) is 11.8 Å². The molecule has 74 heavy (non-hydrogen) atoms. The summed E-state index contributed by atoms with van der Waals surface area (Å²) >= 11 is 0. The molecular formula is C40H60N12O18S4. The summed E-state index contributed by atoms with van der Waals surface area (Å²) in [6.45, 7) is 0.111. The Morgan fingerprint density at radius 2 is 0.905 bits per heavy atom. The Bertz CT molecular complexity index is 2770. The number of aromatic nitrogens is 6. The van der Waals surface area contributed by atoms with Crippen LogP contribution in [0.25, 0.3) is 12.2 Å². The number of benzene rings is 2. The van der Waals surface area contributed by atoms with Gasteiger partial charge in [0.05, 0.1) is 37.9 Å². The molecule has 0 saturated heterocycles. The molecule has 4 rings (SSSR count). The van der Waals surface area contributed by atoms with Gasteiger partial charge in [-0.05, 0) is 35.4 Å². The summed E-state index contributed by atoms with van der Waals surface area (Å²) in [5.74, 6) is -3.06. The van der Waals surface area contributed by atoms with Gasteiger partial charge < -0.3 is 60.2 Å². The van der Waals surface area contributed by atoms with Gasteiger partial charge in [-0.3, -0.25) is 18.2 Å². The van der Waals surface area contributed by atoms with Gasteiger partial charge in [-0.25, -0.2) is 0 Å². The van der Waals surface area contributed by atoms with Gasteiger partial charge in [0.15, 0.2) is 0 Å². The van der Waals surface area contributed by atoms with Gasteiger partial charge in [0.2, 0.25) is 35.7 Å². The Labute approximate surface area is 428 Å². The van der Waals surface area contributed by atoms with E-state index in [1.807, 2.05) is 0 Å². The van der Waals surface area contributed by atoms with Gasteiger partial charge in [-0.15, -0.1) is 0 Å². The van der Waals surface area contributed by atoms with E-state index in [0.717, 1.165) is 24.3 Å². The van der Waals surface area contributed by atoms with Crippen molar-refractivity contribution >= 4 is 99.7 Å². The summed E-state index contributed by atoms with van der Waals surface area (Å²) < 4.78 is 157. The van der Waals surface area contributed by atoms with E-state index in [4.69, 9.17) is 18.9 Å². The van der Waals surface area contributed by atoms with Gasteiger partial charge in [-0.1, -0.05) is 24.3 Å². The molecule has 2 aromatic carbocycles. The van der Waals surface area contributed by atoms with E-state index in [9.17, 15) is 62.1 Å². The third-order valence-electron chi connectivity index (χ3n) is 10.0. The van der Waals surface area contributed by atoms with Crippen LogP contribution in [0.3, 0.4) is 0 Å². The SMILES string of the molecule is COCCN(CC(CO)COC)c1nc(NCCS(=O)(=O)O)nc(Nc2ccc(/C=C/c3ccc(Nc4nc(NCCS(=O)(=O)O)nc(N(CCOC)CC(CO)COC)n4)cc3S(=O)(=O)O)c(S(=O)(=O)O)c2)n1. The number of hydrogen-bond acceptors (Lipinski definition) is 26. The zero-order chi connectivity index (χ0) is 54.7. The van der Waals surface area contributed by atoms with Crippen LogP contribution in [-0.2, 0) is 59.4 Å². The molecule has 0 aliphatic heterocycles. The third-order valence-corrected chi connectivity index (χ3v) is 13.3. The fourth-order valence-corrected chi connectivity index (χ4v) is 8.76. The van der Waals surface area contributed by atoms with E-state index < -0.39 is 73.6 Å². The van der Waals surface area contributed by atoms with Gasteiger partial charge in [-0.2, -0.15) is 63.6 Å². The highest BCUT2D eigenvalue weighted by molar-refractivity contribution is 7.86. The Balaban J connectivity index is 1.73. The lowest BCUT2D eigenvalue weighted by Gasteiger charge is -2.27. The first-order valence-corrected chi connectivity index (χ1v) is 28.0. The Morgan fingerprint density at radius 3 is 1.22 bits per heavy atom. The lowest BCUT2D eigenvalue weighted by molar-refractivity contribution is 0.111. The van der Waals surface area contributed by atoms with Crippen LogP contribution < -0.4 is 31.1 Å². The summed E-state index contributed by atoms with van der Waals surface area (Å²) in [5, 5.41) is 31.0. The highest BCUT2D eigenvalue weighted by Gasteiger charge is 2.23. The number of rotatable bonds is 34. The normalized spacial score (nSPS) is 13.2. The Morgan fingerprint density at radius 1 is 0.541 bits per heavy atom. The summed E-state index contributed by atoms with van der Waals surface area (Å²) in [6.07, 6.45) is 2.29. The standard InChI is InChI=1S/C40H60N12O18S4/c1-67-15-13-51(21-27(23-53)25-69-3)39-47-35(41-11-17-71(55,56)57)45-37(49-39)43-31-9-7-29(33(19-31)73(61,62)63)5-6-30-8-10-32(20-34(30)74(64,65)66)44-38-46-36(42-12-18-72(58,59)60)48-40(50-38)52(14-16-68-2)22-28(24-54)26-70-4/h5-10,19-20,27-28,53-54H,11-18,21-26H2,1-4H3,(H,55,56,57)(H,58,59,60)(H,61,62,63)(H,64,65,66)(H2,41,43,45,47,49)(H2,42,44,46,48,50)/b6-5+. The van der Waals surface area contributed by atoms with Gasteiger partial charge in [0, 0.05) is 104 Å². The highest BCUT2D eigenvalue weighted by Crippen LogP contribution is 2.29. The topological polar surface area (TPSA) is 427 Å². The molecule has 0 fully saturated rings. The number of aliphatic hydroxyl groups excluding tert-OH is 2. The van der Waals surface area contributed by atoms with Crippen LogP contribution in [0.15, 0.2) is 46.2 Å². The molecule has 0 amide bonds. The lowest BCUT2D eigenvalue weighted by atomic mass is 10.1. The summed E-state index contributed by atoms with van der Waals surface area (Å²) in [7, 11) is -13.0. The van der Waals surface area contributed by atoms with Crippen LogP contribution in [0.4, 0.5) is 47.1 Å². The second kappa shape index (κ2) is 28.3. The predicted octanol–water partition coefficient (Wildman–Crippen LogP) is 0.222. The van der Waals surface area contributed by atoms with Gasteiger partial charge in [0.25, 0.3) is 40.5 Å². The number of anilines is 8. The van der Waals surface area contributed by atoms with E-state index >= 15 is 0 Å². The molecule has 0 aliphatic rings. The molecule has 10 N–H and O–H groups in total. The monoisotopic (exact) mass is 1120 g/mol. The van der Waals surface area contributed by atoms with Crippen LogP contribution in [0.5, 0.6) is 0 Å². The largest absolute Gasteiger partial charge is 0.396 e. The van der Waals surface area contributed by atoms with Gasteiger partial charge >= 0.3 is 0 Å². The van der Waals surface area contributed by atoms with Crippen molar-refractivity contribution in [2.24, 2.45) is 11.8 Å². The highest BCUT2D eigenvalue weighted by atomic mass is 32.2. The van der Waals surface area contributed by atoms with Crippen LogP contribution in [0.2, 0.25) is 0 Å². The molecule has 0 saturated carbocycles. The molecule has 2 aromatic heterocycles. The molecule has 30 nitrogen and oxygen atoms in total. The summed E-state index contributed by atoms with van der Waals surface area (Å²) in [6, 6.07) is 7.22. The van der Waals surface area contributed by atoms with E-state index in [-0.39, 0.29) is 137 Å². The van der Waals surface area contributed by atoms with Crippen molar-refractivity contribution in [2.75, 3.05) is 150 Å². The average molecular weight is 1130 g/mol. The first-order chi connectivity index (χ1) is 34.9. The predicted molar refractivity (Wildman–Crippen MR) is 271 cm³/mol. The maximum absolute atomic E-state index is 12.8. The minimum atomic E-state index is -5.03. The number of nitrogens with zero attached hydrogens (tertiary/aromatic N) is 8. The fraction of sp³-hybridized carbons (Fsp3) is 0.500. The minimum Gasteiger partial charge on any atom is -0.396 e. The lowest BCUT2D eigenvalue weighted by Crippen LogP contribution is -2.37. The average Bonchev–Trinajstić information content (AvgIpc) is 3.31. The minimum absolute atomic E-state index is 0.00213. The molecule has 2 heterocycles. The summed E-state index contributed by atoms with van der Waals surface area (Å²) in [5.41, 5.74) is -0.348. The molecule has 34 heteroatoms. The number of nitrogens with one attached hydrogen (secondary N) is 4. The number of aliphatic hydroxyl groups is 2. The van der Waals surface area contributed by atoms with Crippen LogP contribution in [0.1, 0.15) is 11.1 Å².